The van der Waals surface area contributed by atoms with E-state index in [1.54, 1.807) is 6.07 Å². The predicted octanol–water partition coefficient (Wildman–Crippen LogP) is 6.36. The van der Waals surface area contributed by atoms with E-state index in [0.717, 1.165) is 18.4 Å². The van der Waals surface area contributed by atoms with Gasteiger partial charge in [0.2, 0.25) is 0 Å². The number of carbonyl (C=O) groups is 2. The maximum absolute atomic E-state index is 12.9. The molecule has 1 N–H and O–H groups in total. The SMILES string of the molecule is CC1(C)CCC(C)(C)c2cc(C(=O)COc3ccc(C(=O)OCc4ccccc4)c(O)c3)ccc21. The number of hydrogen-bond donors (Lipinski definition) is 1. The molecular formula is C30H32O5. The van der Waals surface area contributed by atoms with Gasteiger partial charge in [0.05, 0.1) is 0 Å². The monoisotopic (exact) mass is 472 g/mol. The Balaban J connectivity index is 1.40. The van der Waals surface area contributed by atoms with E-state index in [1.807, 2.05) is 42.5 Å². The zero-order chi connectivity index (χ0) is 25.2. The highest BCUT2D eigenvalue weighted by molar-refractivity contribution is 5.97. The van der Waals surface area contributed by atoms with Gasteiger partial charge >= 0.3 is 5.97 Å². The van der Waals surface area contributed by atoms with Gasteiger partial charge in [-0.05, 0) is 58.6 Å². The van der Waals surface area contributed by atoms with Crippen LogP contribution < -0.4 is 4.74 Å². The lowest BCUT2D eigenvalue weighted by molar-refractivity contribution is 0.0469. The summed E-state index contributed by atoms with van der Waals surface area (Å²) in [5, 5.41) is 10.3. The molecular weight excluding hydrogens is 440 g/mol. The maximum atomic E-state index is 12.9. The van der Waals surface area contributed by atoms with Gasteiger partial charge in [0.1, 0.15) is 23.7 Å². The number of fused-ring (bicyclic) bond motifs is 1. The Hall–Kier alpha value is -3.60. The number of phenolic OH excluding ortho intramolecular Hbond substituents is 1. The first kappa shape index (κ1) is 24.5. The lowest BCUT2D eigenvalue weighted by Gasteiger charge is -2.42. The molecule has 3 aromatic carbocycles. The molecule has 0 saturated carbocycles. The van der Waals surface area contributed by atoms with Crippen molar-refractivity contribution in [2.45, 2.75) is 58.0 Å². The number of carbonyl (C=O) groups excluding carboxylic acids is 2. The van der Waals surface area contributed by atoms with Crippen LogP contribution in [-0.4, -0.2) is 23.5 Å². The molecule has 1 aliphatic carbocycles. The second-order valence-corrected chi connectivity index (χ2v) is 10.5. The van der Waals surface area contributed by atoms with Gasteiger partial charge in [-0.15, -0.1) is 0 Å². The highest BCUT2D eigenvalue weighted by Gasteiger charge is 2.37. The topological polar surface area (TPSA) is 72.8 Å². The molecule has 35 heavy (non-hydrogen) atoms. The zero-order valence-electron chi connectivity index (χ0n) is 20.8. The average Bonchev–Trinajstić information content (AvgIpc) is 2.84. The second kappa shape index (κ2) is 9.57. The smallest absolute Gasteiger partial charge is 0.342 e. The fourth-order valence-electron chi connectivity index (χ4n) is 4.57. The van der Waals surface area contributed by atoms with Crippen molar-refractivity contribution in [3.05, 3.63) is 94.5 Å². The molecule has 0 atom stereocenters. The summed E-state index contributed by atoms with van der Waals surface area (Å²) in [6.07, 6.45) is 2.18. The molecule has 0 aliphatic heterocycles. The first-order valence-corrected chi connectivity index (χ1v) is 11.9. The summed E-state index contributed by atoms with van der Waals surface area (Å²) >= 11 is 0. The molecule has 0 amide bonds. The lowest BCUT2D eigenvalue weighted by Crippen LogP contribution is -2.34. The van der Waals surface area contributed by atoms with Gasteiger partial charge in [0.25, 0.3) is 0 Å². The van der Waals surface area contributed by atoms with Crippen LogP contribution in [0.3, 0.4) is 0 Å². The van der Waals surface area contributed by atoms with Crippen molar-refractivity contribution in [3.8, 4) is 11.5 Å². The van der Waals surface area contributed by atoms with Crippen LogP contribution in [0.2, 0.25) is 0 Å². The Bertz CT molecular complexity index is 1240. The van der Waals surface area contributed by atoms with Gasteiger partial charge in [0.15, 0.2) is 12.4 Å². The quantitative estimate of drug-likeness (QED) is 0.320. The van der Waals surface area contributed by atoms with Crippen LogP contribution in [-0.2, 0) is 22.2 Å². The summed E-state index contributed by atoms with van der Waals surface area (Å²) in [5.41, 5.74) is 4.12. The second-order valence-electron chi connectivity index (χ2n) is 10.5. The Labute approximate surface area is 206 Å². The fraction of sp³-hybridized carbons (Fsp3) is 0.333. The lowest BCUT2D eigenvalue weighted by atomic mass is 9.63. The molecule has 0 heterocycles. The number of ketones is 1. The molecule has 0 saturated heterocycles. The minimum absolute atomic E-state index is 0.0126. The number of hydrogen-bond acceptors (Lipinski definition) is 5. The van der Waals surface area contributed by atoms with Gasteiger partial charge in [0, 0.05) is 11.6 Å². The van der Waals surface area contributed by atoms with Crippen LogP contribution in [0.1, 0.15) is 77.9 Å². The average molecular weight is 473 g/mol. The molecule has 182 valence electrons. The maximum Gasteiger partial charge on any atom is 0.342 e. The van der Waals surface area contributed by atoms with E-state index in [2.05, 4.69) is 33.8 Å². The summed E-state index contributed by atoms with van der Waals surface area (Å²) in [6.45, 7) is 8.89. The Morgan fingerprint density at radius 2 is 1.54 bits per heavy atom. The zero-order valence-corrected chi connectivity index (χ0v) is 20.8. The van der Waals surface area contributed by atoms with Crippen LogP contribution in [0.25, 0.3) is 0 Å². The van der Waals surface area contributed by atoms with Crippen molar-refractivity contribution < 1.29 is 24.2 Å². The molecule has 0 radical (unpaired) electrons. The third-order valence-corrected chi connectivity index (χ3v) is 6.95. The van der Waals surface area contributed by atoms with Gasteiger partial charge < -0.3 is 14.6 Å². The van der Waals surface area contributed by atoms with E-state index < -0.39 is 5.97 Å². The number of ether oxygens (including phenoxy) is 2. The number of aromatic hydroxyl groups is 1. The standard InChI is InChI=1S/C30H32O5/c1-29(2)14-15-30(3,4)25-16-21(10-13-24(25)29)27(32)19-34-22-11-12-23(26(31)17-22)28(33)35-18-20-8-6-5-7-9-20/h5-13,16-17,31H,14-15,18-19H2,1-4H3. The van der Waals surface area contributed by atoms with Crippen LogP contribution in [0.5, 0.6) is 11.5 Å². The normalized spacial score (nSPS) is 15.7. The van der Waals surface area contributed by atoms with Crippen LogP contribution in [0.4, 0.5) is 0 Å². The third-order valence-electron chi connectivity index (χ3n) is 6.95. The molecule has 0 bridgehead atoms. The molecule has 5 heteroatoms. The first-order chi connectivity index (χ1) is 16.6. The number of Topliss-reactive ketones (excluding diaryl/α,β-unsaturated/α-hetero) is 1. The minimum atomic E-state index is -0.631. The summed E-state index contributed by atoms with van der Waals surface area (Å²) in [6, 6.07) is 19.6. The Morgan fingerprint density at radius 1 is 0.857 bits per heavy atom. The summed E-state index contributed by atoms with van der Waals surface area (Å²) in [7, 11) is 0. The van der Waals surface area contributed by atoms with Crippen molar-refractivity contribution >= 4 is 11.8 Å². The molecule has 0 spiro atoms. The predicted molar refractivity (Wildman–Crippen MR) is 135 cm³/mol. The molecule has 0 aromatic heterocycles. The highest BCUT2D eigenvalue weighted by Crippen LogP contribution is 2.45. The molecule has 1 aliphatic rings. The van der Waals surface area contributed by atoms with E-state index in [9.17, 15) is 14.7 Å². The van der Waals surface area contributed by atoms with E-state index in [0.29, 0.717) is 11.3 Å². The summed E-state index contributed by atoms with van der Waals surface area (Å²) in [5.74, 6) is -0.730. The van der Waals surface area contributed by atoms with Crippen molar-refractivity contribution in [3.63, 3.8) is 0 Å². The van der Waals surface area contributed by atoms with Gasteiger partial charge in [-0.2, -0.15) is 0 Å². The molecule has 0 fully saturated rings. The van der Waals surface area contributed by atoms with Crippen molar-refractivity contribution in [1.82, 2.24) is 0 Å². The van der Waals surface area contributed by atoms with E-state index in [-0.39, 0.29) is 41.1 Å². The van der Waals surface area contributed by atoms with E-state index in [4.69, 9.17) is 9.47 Å². The summed E-state index contributed by atoms with van der Waals surface area (Å²) in [4.78, 5) is 25.2. The number of phenols is 1. The molecule has 3 aromatic rings. The molecule has 5 nitrogen and oxygen atoms in total. The number of rotatable bonds is 7. The molecule has 0 unspecified atom stereocenters. The number of benzene rings is 3. The third kappa shape index (κ3) is 5.40. The van der Waals surface area contributed by atoms with Crippen LogP contribution in [0, 0.1) is 0 Å². The Kier molecular flexibility index (Phi) is 6.70. The van der Waals surface area contributed by atoms with Crippen molar-refractivity contribution in [2.75, 3.05) is 6.61 Å². The van der Waals surface area contributed by atoms with Crippen LogP contribution >= 0.6 is 0 Å². The Morgan fingerprint density at radius 3 is 2.23 bits per heavy atom. The molecule has 4 rings (SSSR count). The van der Waals surface area contributed by atoms with E-state index >= 15 is 0 Å². The number of esters is 1. The summed E-state index contributed by atoms with van der Waals surface area (Å²) < 4.78 is 10.9. The van der Waals surface area contributed by atoms with Gasteiger partial charge in [-0.25, -0.2) is 4.79 Å². The van der Waals surface area contributed by atoms with Crippen molar-refractivity contribution in [1.29, 1.82) is 0 Å². The van der Waals surface area contributed by atoms with Crippen LogP contribution in [0.15, 0.2) is 66.7 Å². The van der Waals surface area contributed by atoms with Gasteiger partial charge in [-0.3, -0.25) is 4.79 Å². The minimum Gasteiger partial charge on any atom is -0.507 e. The largest absolute Gasteiger partial charge is 0.507 e. The highest BCUT2D eigenvalue weighted by atomic mass is 16.5. The van der Waals surface area contributed by atoms with Crippen molar-refractivity contribution in [2.24, 2.45) is 0 Å². The first-order valence-electron chi connectivity index (χ1n) is 11.9. The van der Waals surface area contributed by atoms with E-state index in [1.165, 1.54) is 23.3 Å². The van der Waals surface area contributed by atoms with Gasteiger partial charge in [-0.1, -0.05) is 70.2 Å². The fourth-order valence-corrected chi connectivity index (χ4v) is 4.57.